The lowest BCUT2D eigenvalue weighted by Crippen LogP contribution is -2.21. The van der Waals surface area contributed by atoms with Gasteiger partial charge in [0.2, 0.25) is 0 Å². The van der Waals surface area contributed by atoms with Crippen LogP contribution in [0, 0.1) is 11.8 Å². The standard InChI is InChI=1S/C27H26ClN5O2S/c1-16(2)12-19(26(34)35-3)14-25-32-31-24-13-18(10-11-33(24)25)17-4-7-21(8-5-17)29-27-30-22-9-6-20(28)15-23(22)36-27/h4-11,13,15-16,19H,12,14H2,1-3H3,(H,29,30)/t19-/m0/s1. The Hall–Kier alpha value is -3.49. The summed E-state index contributed by atoms with van der Waals surface area (Å²) in [5.41, 5.74) is 4.72. The van der Waals surface area contributed by atoms with Crippen LogP contribution < -0.4 is 5.32 Å². The second-order valence-corrected chi connectivity index (χ2v) is 10.6. The molecule has 0 saturated heterocycles. The van der Waals surface area contributed by atoms with E-state index < -0.39 is 0 Å². The van der Waals surface area contributed by atoms with Gasteiger partial charge in [0.15, 0.2) is 10.8 Å². The third kappa shape index (κ3) is 5.20. The van der Waals surface area contributed by atoms with Crippen molar-refractivity contribution in [1.82, 2.24) is 19.6 Å². The van der Waals surface area contributed by atoms with E-state index in [0.717, 1.165) is 50.1 Å². The Kier molecular flexibility index (Phi) is 6.89. The van der Waals surface area contributed by atoms with Gasteiger partial charge in [-0.1, -0.05) is 48.9 Å². The van der Waals surface area contributed by atoms with Gasteiger partial charge in [0, 0.05) is 23.3 Å². The van der Waals surface area contributed by atoms with Crippen LogP contribution in [-0.4, -0.2) is 32.7 Å². The van der Waals surface area contributed by atoms with E-state index >= 15 is 0 Å². The number of carbonyl (C=O) groups is 1. The van der Waals surface area contributed by atoms with Crippen LogP contribution in [-0.2, 0) is 16.0 Å². The largest absolute Gasteiger partial charge is 0.469 e. The average molecular weight is 520 g/mol. The summed E-state index contributed by atoms with van der Waals surface area (Å²) in [6.45, 7) is 4.19. The Labute approximate surface area is 218 Å². The summed E-state index contributed by atoms with van der Waals surface area (Å²) in [7, 11) is 1.43. The third-order valence-electron chi connectivity index (χ3n) is 6.02. The lowest BCUT2D eigenvalue weighted by atomic mass is 9.94. The van der Waals surface area contributed by atoms with E-state index in [9.17, 15) is 4.79 Å². The second-order valence-electron chi connectivity index (χ2n) is 9.15. The molecule has 5 aromatic rings. The van der Waals surface area contributed by atoms with Crippen molar-refractivity contribution in [2.24, 2.45) is 11.8 Å². The number of fused-ring (bicyclic) bond motifs is 2. The molecule has 2 aromatic carbocycles. The van der Waals surface area contributed by atoms with Crippen LogP contribution in [0.1, 0.15) is 26.1 Å². The average Bonchev–Trinajstić information content (AvgIpc) is 3.45. The molecule has 5 rings (SSSR count). The van der Waals surface area contributed by atoms with Crippen molar-refractivity contribution in [1.29, 1.82) is 0 Å². The maximum absolute atomic E-state index is 12.3. The predicted molar refractivity (Wildman–Crippen MR) is 145 cm³/mol. The Morgan fingerprint density at radius 3 is 2.64 bits per heavy atom. The quantitative estimate of drug-likeness (QED) is 0.227. The maximum atomic E-state index is 12.3. The third-order valence-corrected chi connectivity index (χ3v) is 7.19. The highest BCUT2D eigenvalue weighted by Crippen LogP contribution is 2.31. The lowest BCUT2D eigenvalue weighted by molar-refractivity contribution is -0.146. The lowest BCUT2D eigenvalue weighted by Gasteiger charge is -2.15. The van der Waals surface area contributed by atoms with Crippen LogP contribution in [0.15, 0.2) is 60.8 Å². The molecule has 9 heteroatoms. The van der Waals surface area contributed by atoms with Gasteiger partial charge in [0.25, 0.3) is 0 Å². The highest BCUT2D eigenvalue weighted by molar-refractivity contribution is 7.22. The summed E-state index contributed by atoms with van der Waals surface area (Å²) in [5.74, 6) is 0.685. The number of esters is 1. The number of thiazole rings is 1. The molecule has 0 saturated carbocycles. The molecular formula is C27H26ClN5O2S. The number of carbonyl (C=O) groups excluding carboxylic acids is 1. The summed E-state index contributed by atoms with van der Waals surface area (Å²) in [5, 5.41) is 13.6. The Bertz CT molecular complexity index is 1530. The number of halogens is 1. The molecule has 1 atom stereocenters. The molecule has 0 bridgehead atoms. The van der Waals surface area contributed by atoms with E-state index in [1.807, 2.05) is 53.1 Å². The van der Waals surface area contributed by atoms with Crippen molar-refractivity contribution in [2.75, 3.05) is 12.4 Å². The number of benzene rings is 2. The number of hydrogen-bond donors (Lipinski definition) is 1. The molecule has 0 radical (unpaired) electrons. The molecule has 3 heterocycles. The summed E-state index contributed by atoms with van der Waals surface area (Å²) >= 11 is 7.66. The number of methoxy groups -OCH3 is 1. The number of nitrogens with zero attached hydrogens (tertiary/aromatic N) is 4. The van der Waals surface area contributed by atoms with E-state index in [2.05, 4.69) is 46.5 Å². The van der Waals surface area contributed by atoms with E-state index in [1.165, 1.54) is 7.11 Å². The predicted octanol–water partition coefficient (Wildman–Crippen LogP) is 6.78. The summed E-state index contributed by atoms with van der Waals surface area (Å²) in [6, 6.07) is 17.9. The molecule has 0 spiro atoms. The van der Waals surface area contributed by atoms with Gasteiger partial charge < -0.3 is 10.1 Å². The van der Waals surface area contributed by atoms with Crippen LogP contribution in [0.5, 0.6) is 0 Å². The van der Waals surface area contributed by atoms with Crippen LogP contribution in [0.25, 0.3) is 27.0 Å². The normalized spacial score (nSPS) is 12.4. The fraction of sp³-hybridized carbons (Fsp3) is 0.259. The summed E-state index contributed by atoms with van der Waals surface area (Å²) < 4.78 is 7.99. The number of hydrogen-bond acceptors (Lipinski definition) is 7. The molecule has 0 aliphatic rings. The van der Waals surface area contributed by atoms with E-state index in [4.69, 9.17) is 16.3 Å². The second kappa shape index (κ2) is 10.2. The molecule has 36 heavy (non-hydrogen) atoms. The number of aromatic nitrogens is 4. The molecule has 1 N–H and O–H groups in total. The van der Waals surface area contributed by atoms with E-state index in [-0.39, 0.29) is 11.9 Å². The number of rotatable bonds is 8. The number of pyridine rings is 1. The van der Waals surface area contributed by atoms with Gasteiger partial charge in [-0.3, -0.25) is 9.20 Å². The van der Waals surface area contributed by atoms with Gasteiger partial charge >= 0.3 is 5.97 Å². The zero-order valence-electron chi connectivity index (χ0n) is 20.2. The maximum Gasteiger partial charge on any atom is 0.309 e. The fourth-order valence-corrected chi connectivity index (χ4v) is 5.46. The molecule has 184 valence electrons. The minimum atomic E-state index is -0.241. The molecule has 0 aliphatic heterocycles. The Balaban J connectivity index is 1.33. The molecule has 0 unspecified atom stereocenters. The monoisotopic (exact) mass is 519 g/mol. The molecule has 0 fully saturated rings. The molecule has 7 nitrogen and oxygen atoms in total. The van der Waals surface area contributed by atoms with Crippen molar-refractivity contribution in [2.45, 2.75) is 26.7 Å². The van der Waals surface area contributed by atoms with Gasteiger partial charge in [-0.05, 0) is 65.9 Å². The van der Waals surface area contributed by atoms with Crippen molar-refractivity contribution in [3.63, 3.8) is 0 Å². The van der Waals surface area contributed by atoms with Gasteiger partial charge in [-0.2, -0.15) is 0 Å². The zero-order chi connectivity index (χ0) is 25.2. The van der Waals surface area contributed by atoms with Crippen LogP contribution in [0.3, 0.4) is 0 Å². The highest BCUT2D eigenvalue weighted by Gasteiger charge is 2.23. The molecule has 3 aromatic heterocycles. The van der Waals surface area contributed by atoms with E-state index in [1.54, 1.807) is 11.3 Å². The first-order chi connectivity index (χ1) is 17.4. The van der Waals surface area contributed by atoms with Crippen LogP contribution in [0.2, 0.25) is 5.02 Å². The molecule has 0 aliphatic carbocycles. The van der Waals surface area contributed by atoms with Crippen molar-refractivity contribution in [3.05, 3.63) is 71.6 Å². The van der Waals surface area contributed by atoms with Crippen LogP contribution in [0.4, 0.5) is 10.8 Å². The highest BCUT2D eigenvalue weighted by atomic mass is 35.5. The SMILES string of the molecule is COC(=O)[C@H](Cc1nnc2cc(-c3ccc(Nc4nc5ccc(Cl)cc5s4)cc3)ccn12)CC(C)C. The topological polar surface area (TPSA) is 81.4 Å². The van der Waals surface area contributed by atoms with Crippen LogP contribution >= 0.6 is 22.9 Å². The first-order valence-electron chi connectivity index (χ1n) is 11.7. The zero-order valence-corrected chi connectivity index (χ0v) is 21.8. The van der Waals surface area contributed by atoms with Gasteiger partial charge in [0.05, 0.1) is 23.2 Å². The number of nitrogens with one attached hydrogen (secondary N) is 1. The van der Waals surface area contributed by atoms with Crippen molar-refractivity contribution in [3.8, 4) is 11.1 Å². The van der Waals surface area contributed by atoms with E-state index in [0.29, 0.717) is 17.4 Å². The first-order valence-corrected chi connectivity index (χ1v) is 12.9. The van der Waals surface area contributed by atoms with Crippen molar-refractivity contribution < 1.29 is 9.53 Å². The number of ether oxygens (including phenoxy) is 1. The smallest absolute Gasteiger partial charge is 0.309 e. The molecular weight excluding hydrogens is 494 g/mol. The molecule has 0 amide bonds. The Morgan fingerprint density at radius 1 is 1.08 bits per heavy atom. The first kappa shape index (κ1) is 24.2. The minimum absolute atomic E-state index is 0.208. The summed E-state index contributed by atoms with van der Waals surface area (Å²) in [4.78, 5) is 16.9. The minimum Gasteiger partial charge on any atom is -0.469 e. The number of anilines is 2. The van der Waals surface area contributed by atoms with Gasteiger partial charge in [-0.25, -0.2) is 4.98 Å². The van der Waals surface area contributed by atoms with Gasteiger partial charge in [-0.15, -0.1) is 10.2 Å². The van der Waals surface area contributed by atoms with Crippen molar-refractivity contribution >= 4 is 55.6 Å². The van der Waals surface area contributed by atoms with Gasteiger partial charge in [0.1, 0.15) is 5.82 Å². The fourth-order valence-electron chi connectivity index (χ4n) is 4.30. The Morgan fingerprint density at radius 2 is 1.89 bits per heavy atom. The summed E-state index contributed by atoms with van der Waals surface area (Å²) in [6.07, 6.45) is 3.19.